The number of benzene rings is 2. The van der Waals surface area contributed by atoms with Gasteiger partial charge in [0.05, 0.1) is 16.1 Å². The first-order valence-electron chi connectivity index (χ1n) is 8.50. The maximum absolute atomic E-state index is 12.2. The van der Waals surface area contributed by atoms with Crippen LogP contribution < -0.4 is 5.32 Å². The molecule has 0 heterocycles. The van der Waals surface area contributed by atoms with Crippen LogP contribution in [-0.4, -0.2) is 18.0 Å². The number of rotatable bonds is 4. The van der Waals surface area contributed by atoms with Crippen LogP contribution in [0.25, 0.3) is 0 Å². The normalized spacial score (nSPS) is 14.8. The molecule has 130 valence electrons. The zero-order valence-corrected chi connectivity index (χ0v) is 14.6. The first-order chi connectivity index (χ1) is 12.1. The molecule has 0 unspecified atom stereocenters. The quantitative estimate of drug-likeness (QED) is 0.776. The van der Waals surface area contributed by atoms with E-state index >= 15 is 0 Å². The van der Waals surface area contributed by atoms with Gasteiger partial charge in [-0.25, -0.2) is 4.79 Å². The average molecular weight is 358 g/mol. The summed E-state index contributed by atoms with van der Waals surface area (Å²) in [7, 11) is 0. The predicted octanol–water partition coefficient (Wildman–Crippen LogP) is 5.08. The second-order valence-electron chi connectivity index (χ2n) is 6.18. The van der Waals surface area contributed by atoms with Crippen molar-refractivity contribution >= 4 is 29.2 Å². The second-order valence-corrected chi connectivity index (χ2v) is 6.58. The van der Waals surface area contributed by atoms with Crippen molar-refractivity contribution in [2.24, 2.45) is 0 Å². The van der Waals surface area contributed by atoms with Crippen LogP contribution in [0.1, 0.15) is 52.8 Å². The molecular formula is C20H20ClNO3. The molecule has 25 heavy (non-hydrogen) atoms. The fourth-order valence-corrected chi connectivity index (χ4v) is 3.16. The van der Waals surface area contributed by atoms with E-state index in [1.807, 2.05) is 0 Å². The van der Waals surface area contributed by atoms with Crippen molar-refractivity contribution < 1.29 is 14.3 Å². The maximum Gasteiger partial charge on any atom is 0.338 e. The highest BCUT2D eigenvalue weighted by atomic mass is 35.5. The Labute approximate surface area is 152 Å². The molecule has 0 aromatic heterocycles. The number of halogens is 1. The first-order valence-corrected chi connectivity index (χ1v) is 8.88. The topological polar surface area (TPSA) is 55.4 Å². The minimum absolute atomic E-state index is 0.0286. The molecule has 0 spiro atoms. The van der Waals surface area contributed by atoms with Gasteiger partial charge >= 0.3 is 5.97 Å². The summed E-state index contributed by atoms with van der Waals surface area (Å²) in [4.78, 5) is 24.4. The van der Waals surface area contributed by atoms with Crippen LogP contribution in [-0.2, 0) is 4.74 Å². The van der Waals surface area contributed by atoms with Crippen LogP contribution in [0.4, 0.5) is 5.69 Å². The Morgan fingerprint density at radius 3 is 2.32 bits per heavy atom. The molecule has 0 atom stereocenters. The lowest BCUT2D eigenvalue weighted by molar-refractivity contribution is 0.0211. The minimum Gasteiger partial charge on any atom is -0.459 e. The lowest BCUT2D eigenvalue weighted by Gasteiger charge is -2.21. The summed E-state index contributed by atoms with van der Waals surface area (Å²) in [6.07, 6.45) is 5.36. The third-order valence-corrected chi connectivity index (χ3v) is 4.65. The second kappa shape index (κ2) is 8.17. The van der Waals surface area contributed by atoms with E-state index in [2.05, 4.69) is 5.32 Å². The summed E-state index contributed by atoms with van der Waals surface area (Å²) >= 11 is 6.02. The van der Waals surface area contributed by atoms with Gasteiger partial charge in [-0.3, -0.25) is 4.79 Å². The Hall–Kier alpha value is -2.33. The zero-order chi connectivity index (χ0) is 17.6. The van der Waals surface area contributed by atoms with Crippen molar-refractivity contribution in [1.82, 2.24) is 0 Å². The van der Waals surface area contributed by atoms with Gasteiger partial charge in [0, 0.05) is 5.69 Å². The van der Waals surface area contributed by atoms with Crippen molar-refractivity contribution in [3.63, 3.8) is 0 Å². The van der Waals surface area contributed by atoms with E-state index in [9.17, 15) is 9.59 Å². The van der Waals surface area contributed by atoms with E-state index < -0.39 is 0 Å². The standard InChI is InChI=1S/C20H20ClNO3/c21-18-9-5-4-8-17(18)19(23)22-15-12-10-14(11-13-15)20(24)25-16-6-2-1-3-7-16/h4-5,8-13,16H,1-3,6-7H2,(H,22,23). The number of hydrogen-bond donors (Lipinski definition) is 1. The lowest BCUT2D eigenvalue weighted by atomic mass is 9.98. The van der Waals surface area contributed by atoms with E-state index in [-0.39, 0.29) is 18.0 Å². The summed E-state index contributed by atoms with van der Waals surface area (Å²) in [5.41, 5.74) is 1.49. The van der Waals surface area contributed by atoms with Gasteiger partial charge < -0.3 is 10.1 Å². The molecule has 5 heteroatoms. The zero-order valence-electron chi connectivity index (χ0n) is 13.8. The molecule has 0 aliphatic heterocycles. The van der Waals surface area contributed by atoms with Gasteiger partial charge in [0.1, 0.15) is 6.10 Å². The Morgan fingerprint density at radius 2 is 1.64 bits per heavy atom. The number of esters is 1. The molecule has 3 rings (SSSR count). The van der Waals surface area contributed by atoms with Crippen LogP contribution in [0.3, 0.4) is 0 Å². The van der Waals surface area contributed by atoms with Crippen LogP contribution in [0, 0.1) is 0 Å². The number of carbonyl (C=O) groups is 2. The van der Waals surface area contributed by atoms with Crippen molar-refractivity contribution in [3.8, 4) is 0 Å². The average Bonchev–Trinajstić information content (AvgIpc) is 2.63. The smallest absolute Gasteiger partial charge is 0.338 e. The van der Waals surface area contributed by atoms with Gasteiger partial charge in [0.2, 0.25) is 0 Å². The monoisotopic (exact) mass is 357 g/mol. The van der Waals surface area contributed by atoms with E-state index in [0.29, 0.717) is 21.8 Å². The van der Waals surface area contributed by atoms with Crippen LogP contribution in [0.2, 0.25) is 5.02 Å². The Kier molecular flexibility index (Phi) is 5.71. The highest BCUT2D eigenvalue weighted by molar-refractivity contribution is 6.34. The van der Waals surface area contributed by atoms with Crippen molar-refractivity contribution in [1.29, 1.82) is 0 Å². The van der Waals surface area contributed by atoms with Gasteiger partial charge in [0.25, 0.3) is 5.91 Å². The number of anilines is 1. The lowest BCUT2D eigenvalue weighted by Crippen LogP contribution is -2.21. The molecule has 1 amide bonds. The third-order valence-electron chi connectivity index (χ3n) is 4.32. The summed E-state index contributed by atoms with van der Waals surface area (Å²) in [6.45, 7) is 0. The molecule has 4 nitrogen and oxygen atoms in total. The summed E-state index contributed by atoms with van der Waals surface area (Å²) < 4.78 is 5.54. The van der Waals surface area contributed by atoms with E-state index in [1.54, 1.807) is 48.5 Å². The van der Waals surface area contributed by atoms with E-state index in [4.69, 9.17) is 16.3 Å². The number of nitrogens with one attached hydrogen (secondary N) is 1. The fraction of sp³-hybridized carbons (Fsp3) is 0.300. The highest BCUT2D eigenvalue weighted by Gasteiger charge is 2.18. The van der Waals surface area contributed by atoms with Gasteiger partial charge in [-0.2, -0.15) is 0 Å². The summed E-state index contributed by atoms with van der Waals surface area (Å²) in [5.74, 6) is -0.598. The molecule has 2 aromatic carbocycles. The third kappa shape index (κ3) is 4.60. The molecule has 1 aliphatic carbocycles. The molecule has 0 bridgehead atoms. The molecule has 1 saturated carbocycles. The van der Waals surface area contributed by atoms with E-state index in [1.165, 1.54) is 6.42 Å². The summed E-state index contributed by atoms with van der Waals surface area (Å²) in [6, 6.07) is 13.5. The number of ether oxygens (including phenoxy) is 1. The largest absolute Gasteiger partial charge is 0.459 e. The Morgan fingerprint density at radius 1 is 0.960 bits per heavy atom. The number of amides is 1. The van der Waals surface area contributed by atoms with Gasteiger partial charge in [-0.1, -0.05) is 30.2 Å². The molecule has 1 aliphatic rings. The predicted molar refractivity (Wildman–Crippen MR) is 98.1 cm³/mol. The Bertz CT molecular complexity index is 752. The van der Waals surface area contributed by atoms with Crippen LogP contribution in [0.15, 0.2) is 48.5 Å². The summed E-state index contributed by atoms with van der Waals surface area (Å²) in [5, 5.41) is 3.17. The van der Waals surface area contributed by atoms with Crippen molar-refractivity contribution in [2.75, 3.05) is 5.32 Å². The maximum atomic E-state index is 12.2. The molecular weight excluding hydrogens is 338 g/mol. The molecule has 1 fully saturated rings. The van der Waals surface area contributed by atoms with Gasteiger partial charge in [-0.05, 0) is 62.1 Å². The SMILES string of the molecule is O=C(OC1CCCCC1)c1ccc(NC(=O)c2ccccc2Cl)cc1. The van der Waals surface area contributed by atoms with Gasteiger partial charge in [0.15, 0.2) is 0 Å². The van der Waals surface area contributed by atoms with Crippen LogP contribution >= 0.6 is 11.6 Å². The van der Waals surface area contributed by atoms with Crippen molar-refractivity contribution in [2.45, 2.75) is 38.2 Å². The van der Waals surface area contributed by atoms with Crippen molar-refractivity contribution in [3.05, 3.63) is 64.7 Å². The number of hydrogen-bond acceptors (Lipinski definition) is 3. The first kappa shape index (κ1) is 17.5. The molecule has 1 N–H and O–H groups in total. The minimum atomic E-state index is -0.309. The number of carbonyl (C=O) groups excluding carboxylic acids is 2. The van der Waals surface area contributed by atoms with Gasteiger partial charge in [-0.15, -0.1) is 0 Å². The van der Waals surface area contributed by atoms with Crippen LogP contribution in [0.5, 0.6) is 0 Å². The molecule has 0 saturated heterocycles. The fourth-order valence-electron chi connectivity index (χ4n) is 2.94. The highest BCUT2D eigenvalue weighted by Crippen LogP contribution is 2.22. The molecule has 2 aromatic rings. The van der Waals surface area contributed by atoms with E-state index in [0.717, 1.165) is 25.7 Å². The molecule has 0 radical (unpaired) electrons. The Balaban J connectivity index is 1.61.